The van der Waals surface area contributed by atoms with Crippen LogP contribution in [0.2, 0.25) is 0 Å². The molecular weight excluding hydrogens is 297 g/mol. The molecule has 0 aliphatic rings. The van der Waals surface area contributed by atoms with E-state index in [-0.39, 0.29) is 11.5 Å². The molecule has 0 atom stereocenters. The quantitative estimate of drug-likeness (QED) is 0.508. The monoisotopic (exact) mass is 309 g/mol. The van der Waals surface area contributed by atoms with Gasteiger partial charge in [-0.25, -0.2) is 9.97 Å². The summed E-state index contributed by atoms with van der Waals surface area (Å²) >= 11 is 3.81. The molecule has 2 aromatic rings. The fourth-order valence-corrected chi connectivity index (χ4v) is 2.06. The first-order valence-corrected chi connectivity index (χ1v) is 7.34. The molecule has 0 unspecified atom stereocenters. The van der Waals surface area contributed by atoms with E-state index in [0.717, 1.165) is 0 Å². The molecule has 2 N–H and O–H groups in total. The van der Waals surface area contributed by atoms with E-state index in [1.165, 1.54) is 0 Å². The molecule has 20 heavy (non-hydrogen) atoms. The van der Waals surface area contributed by atoms with Crippen molar-refractivity contribution in [2.75, 3.05) is 0 Å². The average Bonchev–Trinajstić information content (AvgIpc) is 2.40. The van der Waals surface area contributed by atoms with Crippen LogP contribution in [-0.2, 0) is 4.57 Å². The zero-order chi connectivity index (χ0) is 14.8. The lowest BCUT2D eigenvalue weighted by molar-refractivity contribution is 0.291. The van der Waals surface area contributed by atoms with E-state index in [0.29, 0.717) is 0 Å². The standard InChI is InChI=1S/C12H11O4P.CHNS/c13-17(14,15-11-7-3-1-4-8-11)16-12-9-5-2-6-10-12;2-1-3/h1-10H,(H,13,14);2H. The van der Waals surface area contributed by atoms with Gasteiger partial charge in [-0.3, -0.25) is 4.89 Å². The van der Waals surface area contributed by atoms with Crippen LogP contribution in [0.3, 0.4) is 0 Å². The highest BCUT2D eigenvalue weighted by Gasteiger charge is 2.24. The van der Waals surface area contributed by atoms with Crippen molar-refractivity contribution in [1.29, 1.82) is 5.41 Å². The Morgan fingerprint density at radius 1 is 0.950 bits per heavy atom. The largest absolute Gasteiger partial charge is 0.584 e. The van der Waals surface area contributed by atoms with Gasteiger partial charge >= 0.3 is 7.82 Å². The Hall–Kier alpha value is -1.97. The molecule has 0 saturated carbocycles. The summed E-state index contributed by atoms with van der Waals surface area (Å²) in [6.07, 6.45) is 0. The minimum Gasteiger partial charge on any atom is -0.395 e. The SMILES string of the molecule is N=C=S.O=P(O)(Oc1ccccc1)Oc1ccccc1. The maximum Gasteiger partial charge on any atom is 0.584 e. The highest BCUT2D eigenvalue weighted by molar-refractivity contribution is 7.78. The Bertz CT molecular complexity index is 555. The van der Waals surface area contributed by atoms with Crippen LogP contribution >= 0.6 is 20.0 Å². The van der Waals surface area contributed by atoms with Gasteiger partial charge in [0, 0.05) is 0 Å². The number of benzene rings is 2. The van der Waals surface area contributed by atoms with E-state index in [1.54, 1.807) is 65.8 Å². The normalized spacial score (nSPS) is 9.65. The Balaban J connectivity index is 0.000000612. The lowest BCUT2D eigenvalue weighted by Gasteiger charge is -2.13. The van der Waals surface area contributed by atoms with Crippen LogP contribution in [0.5, 0.6) is 11.5 Å². The Kier molecular flexibility index (Phi) is 6.64. The van der Waals surface area contributed by atoms with Crippen molar-refractivity contribution in [3.63, 3.8) is 0 Å². The van der Waals surface area contributed by atoms with Gasteiger partial charge in [0.05, 0.1) is 5.16 Å². The molecule has 0 spiro atoms. The fraction of sp³-hybridized carbons (Fsp3) is 0. The first kappa shape index (κ1) is 16.1. The van der Waals surface area contributed by atoms with E-state index in [2.05, 4.69) is 12.2 Å². The van der Waals surface area contributed by atoms with Gasteiger partial charge in [-0.15, -0.1) is 0 Å². The second-order valence-electron chi connectivity index (χ2n) is 3.38. The lowest BCUT2D eigenvalue weighted by Crippen LogP contribution is -1.99. The molecule has 0 radical (unpaired) electrons. The fourth-order valence-electron chi connectivity index (χ4n) is 1.25. The summed E-state index contributed by atoms with van der Waals surface area (Å²) in [7, 11) is -4.14. The van der Waals surface area contributed by atoms with Crippen LogP contribution in [0.25, 0.3) is 0 Å². The number of phosphoric ester groups is 1. The number of rotatable bonds is 4. The second-order valence-corrected chi connectivity index (χ2v) is 4.89. The molecule has 104 valence electrons. The van der Waals surface area contributed by atoms with Gasteiger partial charge < -0.3 is 9.05 Å². The van der Waals surface area contributed by atoms with Crippen molar-refractivity contribution < 1.29 is 18.5 Å². The van der Waals surface area contributed by atoms with Gasteiger partial charge in [0.1, 0.15) is 11.5 Å². The smallest absolute Gasteiger partial charge is 0.395 e. The van der Waals surface area contributed by atoms with E-state index >= 15 is 0 Å². The predicted octanol–water partition coefficient (Wildman–Crippen LogP) is 3.91. The zero-order valence-corrected chi connectivity index (χ0v) is 12.0. The number of phosphoric acid groups is 1. The third-order valence-electron chi connectivity index (χ3n) is 1.93. The molecule has 2 rings (SSSR count). The van der Waals surface area contributed by atoms with Crippen molar-refractivity contribution in [3.05, 3.63) is 60.7 Å². The average molecular weight is 309 g/mol. The van der Waals surface area contributed by atoms with Crippen LogP contribution in [0.4, 0.5) is 0 Å². The number of isothiocyanates is 1. The molecule has 0 aliphatic heterocycles. The molecule has 0 bridgehead atoms. The van der Waals surface area contributed by atoms with Gasteiger partial charge in [-0.2, -0.15) is 0 Å². The summed E-state index contributed by atoms with van der Waals surface area (Å²) in [4.78, 5) is 9.53. The lowest BCUT2D eigenvalue weighted by atomic mass is 10.3. The van der Waals surface area contributed by atoms with Crippen LogP contribution < -0.4 is 9.05 Å². The summed E-state index contributed by atoms with van der Waals surface area (Å²) in [6.45, 7) is 0. The molecule has 0 aliphatic carbocycles. The van der Waals surface area contributed by atoms with Gasteiger partial charge in [0.25, 0.3) is 0 Å². The maximum atomic E-state index is 11.7. The van der Waals surface area contributed by atoms with Crippen molar-refractivity contribution in [2.45, 2.75) is 0 Å². The topological polar surface area (TPSA) is 79.6 Å². The van der Waals surface area contributed by atoms with Crippen LogP contribution in [0, 0.1) is 5.41 Å². The first-order chi connectivity index (χ1) is 9.57. The Morgan fingerprint density at radius 3 is 1.55 bits per heavy atom. The summed E-state index contributed by atoms with van der Waals surface area (Å²) in [6, 6.07) is 16.7. The summed E-state index contributed by atoms with van der Waals surface area (Å²) in [5.74, 6) is 0.573. The van der Waals surface area contributed by atoms with Crippen molar-refractivity contribution in [3.8, 4) is 11.5 Å². The molecule has 0 saturated heterocycles. The first-order valence-electron chi connectivity index (χ1n) is 5.43. The molecule has 7 heteroatoms. The Labute approximate surface area is 121 Å². The summed E-state index contributed by atoms with van der Waals surface area (Å²) in [5.41, 5.74) is 0. The van der Waals surface area contributed by atoms with E-state index in [9.17, 15) is 9.46 Å². The molecule has 0 aromatic heterocycles. The Morgan fingerprint density at radius 2 is 1.25 bits per heavy atom. The molecule has 0 heterocycles. The van der Waals surface area contributed by atoms with Gasteiger partial charge in [-0.05, 0) is 36.5 Å². The van der Waals surface area contributed by atoms with Crippen LogP contribution in [-0.4, -0.2) is 10.1 Å². The van der Waals surface area contributed by atoms with Crippen molar-refractivity contribution in [2.24, 2.45) is 0 Å². The number of para-hydroxylation sites is 2. The van der Waals surface area contributed by atoms with Gasteiger partial charge in [0.2, 0.25) is 0 Å². The highest BCUT2D eigenvalue weighted by atomic mass is 32.1. The van der Waals surface area contributed by atoms with Gasteiger partial charge in [0.15, 0.2) is 0 Å². The second kappa shape index (κ2) is 8.25. The van der Waals surface area contributed by atoms with Crippen molar-refractivity contribution in [1.82, 2.24) is 0 Å². The molecular formula is C13H12NO4PS. The third kappa shape index (κ3) is 6.27. The molecule has 5 nitrogen and oxygen atoms in total. The molecule has 0 fully saturated rings. The van der Waals surface area contributed by atoms with E-state index < -0.39 is 7.82 Å². The number of thiocarbonyl (C=S) groups is 1. The molecule has 0 amide bonds. The van der Waals surface area contributed by atoms with E-state index in [4.69, 9.17) is 14.5 Å². The van der Waals surface area contributed by atoms with E-state index in [1.807, 2.05) is 0 Å². The number of hydrogen-bond donors (Lipinski definition) is 2. The minimum absolute atomic E-state index is 0.286. The molecule has 2 aromatic carbocycles. The zero-order valence-electron chi connectivity index (χ0n) is 10.3. The van der Waals surface area contributed by atoms with Gasteiger partial charge in [-0.1, -0.05) is 36.4 Å². The maximum absolute atomic E-state index is 11.7. The third-order valence-corrected chi connectivity index (χ3v) is 2.81. The summed E-state index contributed by atoms with van der Waals surface area (Å²) in [5, 5.41) is 7.36. The van der Waals surface area contributed by atoms with Crippen LogP contribution in [0.15, 0.2) is 60.7 Å². The predicted molar refractivity (Wildman–Crippen MR) is 79.3 cm³/mol. The van der Waals surface area contributed by atoms with Crippen molar-refractivity contribution >= 4 is 25.2 Å². The minimum atomic E-state index is -4.14. The van der Waals surface area contributed by atoms with Crippen LogP contribution in [0.1, 0.15) is 0 Å². The number of nitrogens with one attached hydrogen (secondary N) is 1. The summed E-state index contributed by atoms with van der Waals surface area (Å²) < 4.78 is 21.5. The highest BCUT2D eigenvalue weighted by Crippen LogP contribution is 2.43. The number of hydrogen-bond acceptors (Lipinski definition) is 5.